The van der Waals surface area contributed by atoms with Crippen molar-refractivity contribution in [1.82, 2.24) is 24.6 Å². The van der Waals surface area contributed by atoms with Crippen molar-refractivity contribution in [1.29, 1.82) is 0 Å². The highest BCUT2D eigenvalue weighted by molar-refractivity contribution is 6.30. The Hall–Kier alpha value is -3.00. The minimum absolute atomic E-state index is 0.653. The number of anilines is 2. The fraction of sp³-hybridized carbons (Fsp3) is 0.227. The third-order valence-corrected chi connectivity index (χ3v) is 5.38. The highest BCUT2D eigenvalue weighted by Crippen LogP contribution is 2.25. The molecule has 0 atom stereocenters. The highest BCUT2D eigenvalue weighted by Gasteiger charge is 2.13. The van der Waals surface area contributed by atoms with Gasteiger partial charge in [0, 0.05) is 30.3 Å². The molecule has 0 aliphatic carbocycles. The van der Waals surface area contributed by atoms with Crippen LogP contribution in [-0.4, -0.2) is 51.0 Å². The van der Waals surface area contributed by atoms with Gasteiger partial charge in [-0.15, -0.1) is 0 Å². The summed E-state index contributed by atoms with van der Waals surface area (Å²) in [4.78, 5) is 11.2. The summed E-state index contributed by atoms with van der Waals surface area (Å²) in [5, 5.41) is 9.37. The van der Waals surface area contributed by atoms with Crippen LogP contribution in [0.2, 0.25) is 5.02 Å². The van der Waals surface area contributed by atoms with Crippen LogP contribution in [-0.2, 0) is 11.3 Å². The Labute approximate surface area is 179 Å². The van der Waals surface area contributed by atoms with E-state index >= 15 is 0 Å². The van der Waals surface area contributed by atoms with E-state index in [9.17, 15) is 0 Å². The van der Waals surface area contributed by atoms with Crippen molar-refractivity contribution in [3.63, 3.8) is 0 Å². The van der Waals surface area contributed by atoms with Crippen LogP contribution in [0.4, 0.5) is 11.5 Å². The van der Waals surface area contributed by atoms with Gasteiger partial charge in [-0.1, -0.05) is 29.8 Å². The second-order valence-electron chi connectivity index (χ2n) is 7.21. The van der Waals surface area contributed by atoms with Crippen LogP contribution in [0.15, 0.2) is 61.1 Å². The molecule has 4 aromatic rings. The molecule has 152 valence electrons. The lowest BCUT2D eigenvalue weighted by atomic mass is 10.2. The number of nitrogens with zero attached hydrogens (tertiary/aromatic N) is 5. The van der Waals surface area contributed by atoms with Crippen LogP contribution in [0, 0.1) is 0 Å². The topological polar surface area (TPSA) is 68.1 Å². The molecule has 8 heteroatoms. The zero-order chi connectivity index (χ0) is 20.3. The number of fused-ring (bicyclic) bond motifs is 1. The Kier molecular flexibility index (Phi) is 5.31. The van der Waals surface area contributed by atoms with Crippen molar-refractivity contribution >= 4 is 34.1 Å². The molecule has 2 aromatic heterocycles. The molecule has 0 saturated carbocycles. The van der Waals surface area contributed by atoms with Crippen LogP contribution in [0.1, 0.15) is 5.56 Å². The molecule has 0 bridgehead atoms. The van der Waals surface area contributed by atoms with E-state index in [0.717, 1.165) is 55.3 Å². The molecule has 1 aliphatic heterocycles. The molecule has 30 heavy (non-hydrogen) atoms. The number of benzene rings is 2. The molecule has 3 heterocycles. The van der Waals surface area contributed by atoms with Gasteiger partial charge in [0.25, 0.3) is 0 Å². The average Bonchev–Trinajstić information content (AvgIpc) is 3.21. The lowest BCUT2D eigenvalue weighted by Crippen LogP contribution is -2.35. The minimum Gasteiger partial charge on any atom is -0.379 e. The predicted octanol–water partition coefficient (Wildman–Crippen LogP) is 4.04. The Balaban J connectivity index is 1.36. The zero-order valence-electron chi connectivity index (χ0n) is 16.3. The molecule has 5 rings (SSSR count). The number of rotatable bonds is 5. The molecule has 0 spiro atoms. The number of morpholine rings is 1. The van der Waals surface area contributed by atoms with Gasteiger partial charge in [0.15, 0.2) is 5.65 Å². The lowest BCUT2D eigenvalue weighted by Gasteiger charge is -2.26. The summed E-state index contributed by atoms with van der Waals surface area (Å²) in [6.07, 6.45) is 3.31. The van der Waals surface area contributed by atoms with E-state index in [0.29, 0.717) is 10.8 Å². The quantitative estimate of drug-likeness (QED) is 0.525. The molecule has 1 N–H and O–H groups in total. The summed E-state index contributed by atoms with van der Waals surface area (Å²) >= 11 is 6.13. The van der Waals surface area contributed by atoms with E-state index in [1.54, 1.807) is 17.2 Å². The standard InChI is InChI=1S/C22H21ClN6O/c23-17-2-1-3-19(12-17)29-22-20(13-26-29)21(24-15-25-22)27-18-6-4-16(5-7-18)14-28-8-10-30-11-9-28/h1-7,12-13,15H,8-11,14H2,(H,24,25,27). The third-order valence-electron chi connectivity index (χ3n) is 5.15. The maximum atomic E-state index is 6.13. The molecule has 0 radical (unpaired) electrons. The van der Waals surface area contributed by atoms with Gasteiger partial charge < -0.3 is 10.1 Å². The first kappa shape index (κ1) is 19.0. The number of aromatic nitrogens is 4. The molecule has 1 fully saturated rings. The third kappa shape index (κ3) is 4.00. The molecular weight excluding hydrogens is 400 g/mol. The van der Waals surface area contributed by atoms with Crippen molar-refractivity contribution < 1.29 is 4.74 Å². The molecular formula is C22H21ClN6O. The number of nitrogens with one attached hydrogen (secondary N) is 1. The SMILES string of the molecule is Clc1cccc(-n2ncc3c(Nc4ccc(CN5CCOCC5)cc4)ncnc32)c1. The number of halogens is 1. The predicted molar refractivity (Wildman–Crippen MR) is 117 cm³/mol. The second kappa shape index (κ2) is 8.39. The van der Waals surface area contributed by atoms with Gasteiger partial charge in [0.2, 0.25) is 0 Å². The first-order valence-electron chi connectivity index (χ1n) is 9.87. The second-order valence-corrected chi connectivity index (χ2v) is 7.64. The molecule has 0 unspecified atom stereocenters. The van der Waals surface area contributed by atoms with Gasteiger partial charge in [0.1, 0.15) is 12.1 Å². The van der Waals surface area contributed by atoms with Crippen LogP contribution < -0.4 is 5.32 Å². The fourth-order valence-corrected chi connectivity index (χ4v) is 3.77. The van der Waals surface area contributed by atoms with Crippen molar-refractivity contribution in [2.24, 2.45) is 0 Å². The van der Waals surface area contributed by atoms with E-state index in [4.69, 9.17) is 16.3 Å². The van der Waals surface area contributed by atoms with Crippen molar-refractivity contribution in [2.45, 2.75) is 6.54 Å². The number of hydrogen-bond donors (Lipinski definition) is 1. The van der Waals surface area contributed by atoms with Crippen molar-refractivity contribution in [3.05, 3.63) is 71.6 Å². The molecule has 2 aromatic carbocycles. The monoisotopic (exact) mass is 420 g/mol. The smallest absolute Gasteiger partial charge is 0.168 e. The Bertz CT molecular complexity index is 1150. The maximum absolute atomic E-state index is 6.13. The van der Waals surface area contributed by atoms with E-state index in [2.05, 4.69) is 49.5 Å². The molecule has 7 nitrogen and oxygen atoms in total. The highest BCUT2D eigenvalue weighted by atomic mass is 35.5. The average molecular weight is 421 g/mol. The summed E-state index contributed by atoms with van der Waals surface area (Å²) in [5.74, 6) is 0.717. The summed E-state index contributed by atoms with van der Waals surface area (Å²) in [6, 6.07) is 16.0. The summed E-state index contributed by atoms with van der Waals surface area (Å²) in [6.45, 7) is 4.53. The first-order chi connectivity index (χ1) is 14.8. The first-order valence-corrected chi connectivity index (χ1v) is 10.2. The maximum Gasteiger partial charge on any atom is 0.168 e. The molecule has 0 amide bonds. The van der Waals surface area contributed by atoms with Gasteiger partial charge in [-0.2, -0.15) is 5.10 Å². The van der Waals surface area contributed by atoms with E-state index in [1.807, 2.05) is 24.3 Å². The van der Waals surface area contributed by atoms with Crippen LogP contribution >= 0.6 is 11.6 Å². The summed E-state index contributed by atoms with van der Waals surface area (Å²) in [5.41, 5.74) is 3.83. The van der Waals surface area contributed by atoms with Gasteiger partial charge in [0.05, 0.1) is 30.5 Å². The number of hydrogen-bond acceptors (Lipinski definition) is 6. The Morgan fingerprint density at radius 3 is 2.67 bits per heavy atom. The van der Waals surface area contributed by atoms with Crippen LogP contribution in [0.25, 0.3) is 16.7 Å². The van der Waals surface area contributed by atoms with E-state index in [-0.39, 0.29) is 0 Å². The fourth-order valence-electron chi connectivity index (χ4n) is 3.59. The summed E-state index contributed by atoms with van der Waals surface area (Å²) < 4.78 is 7.18. The van der Waals surface area contributed by atoms with Gasteiger partial charge in [-0.05, 0) is 35.9 Å². The lowest BCUT2D eigenvalue weighted by molar-refractivity contribution is 0.0342. The normalized spacial score (nSPS) is 14.8. The molecule has 1 aliphatic rings. The summed E-state index contributed by atoms with van der Waals surface area (Å²) in [7, 11) is 0. The zero-order valence-corrected chi connectivity index (χ0v) is 17.1. The van der Waals surface area contributed by atoms with Gasteiger partial charge in [-0.25, -0.2) is 14.6 Å². The van der Waals surface area contributed by atoms with Gasteiger partial charge in [-0.3, -0.25) is 4.90 Å². The van der Waals surface area contributed by atoms with E-state index < -0.39 is 0 Å². The Morgan fingerprint density at radius 2 is 1.87 bits per heavy atom. The van der Waals surface area contributed by atoms with Crippen LogP contribution in [0.3, 0.4) is 0 Å². The van der Waals surface area contributed by atoms with Crippen molar-refractivity contribution in [2.75, 3.05) is 31.6 Å². The van der Waals surface area contributed by atoms with Crippen molar-refractivity contribution in [3.8, 4) is 5.69 Å². The number of ether oxygens (including phenoxy) is 1. The molecule has 1 saturated heterocycles. The van der Waals surface area contributed by atoms with E-state index in [1.165, 1.54) is 5.56 Å². The minimum atomic E-state index is 0.653. The Morgan fingerprint density at radius 1 is 1.03 bits per heavy atom. The van der Waals surface area contributed by atoms with Gasteiger partial charge >= 0.3 is 0 Å². The van der Waals surface area contributed by atoms with Crippen LogP contribution in [0.5, 0.6) is 0 Å². The largest absolute Gasteiger partial charge is 0.379 e.